The molecule has 3 heterocycles. The van der Waals surface area contributed by atoms with Gasteiger partial charge in [-0.05, 0) is 25.0 Å². The lowest BCUT2D eigenvalue weighted by Gasteiger charge is -2.07. The van der Waals surface area contributed by atoms with Crippen LogP contribution in [0.1, 0.15) is 21.8 Å². The van der Waals surface area contributed by atoms with E-state index in [0.29, 0.717) is 29.1 Å². The van der Waals surface area contributed by atoms with Crippen molar-refractivity contribution in [2.45, 2.75) is 17.7 Å². The SMILES string of the molecule is O=C1NCCCc2nc(NS(=O)(=O)c3cccc4cccnc34)sc21. The number of hydrogen-bond acceptors (Lipinski definition) is 6. The molecule has 4 rings (SSSR count). The average Bonchev–Trinajstić information content (AvgIpc) is 2.92. The van der Waals surface area contributed by atoms with Gasteiger partial charge in [0.05, 0.1) is 11.2 Å². The molecule has 0 atom stereocenters. The van der Waals surface area contributed by atoms with E-state index in [1.807, 2.05) is 0 Å². The quantitative estimate of drug-likeness (QED) is 0.732. The van der Waals surface area contributed by atoms with E-state index in [0.717, 1.165) is 23.1 Å². The Morgan fingerprint density at radius 2 is 2.04 bits per heavy atom. The number of benzene rings is 1. The van der Waals surface area contributed by atoms with Crippen LogP contribution in [0.5, 0.6) is 0 Å². The number of fused-ring (bicyclic) bond motifs is 2. The molecule has 7 nitrogen and oxygen atoms in total. The highest BCUT2D eigenvalue weighted by Crippen LogP contribution is 2.29. The Kier molecular flexibility index (Phi) is 3.89. The Hall–Kier alpha value is -2.52. The lowest BCUT2D eigenvalue weighted by atomic mass is 10.2. The second-order valence-corrected chi connectivity index (χ2v) is 8.24. The van der Waals surface area contributed by atoms with Crippen molar-refractivity contribution in [2.75, 3.05) is 11.3 Å². The van der Waals surface area contributed by atoms with E-state index in [1.54, 1.807) is 30.5 Å². The van der Waals surface area contributed by atoms with Crippen LogP contribution in [0.15, 0.2) is 41.4 Å². The molecule has 1 amide bonds. The van der Waals surface area contributed by atoms with Gasteiger partial charge < -0.3 is 5.32 Å². The number of hydrogen-bond donors (Lipinski definition) is 2. The number of anilines is 1. The normalized spacial score (nSPS) is 14.6. The van der Waals surface area contributed by atoms with Gasteiger partial charge in [-0.3, -0.25) is 14.5 Å². The maximum atomic E-state index is 12.8. The molecule has 25 heavy (non-hydrogen) atoms. The van der Waals surface area contributed by atoms with Crippen LogP contribution in [0.25, 0.3) is 10.9 Å². The number of carbonyl (C=O) groups excluding carboxylic acids is 1. The number of nitrogens with zero attached hydrogens (tertiary/aromatic N) is 2. The van der Waals surface area contributed by atoms with Crippen LogP contribution in [0.2, 0.25) is 0 Å². The fraction of sp³-hybridized carbons (Fsp3) is 0.188. The molecule has 0 bridgehead atoms. The predicted octanol–water partition coefficient (Wildman–Crippen LogP) is 2.17. The van der Waals surface area contributed by atoms with Crippen molar-refractivity contribution < 1.29 is 13.2 Å². The monoisotopic (exact) mass is 374 g/mol. The summed E-state index contributed by atoms with van der Waals surface area (Å²) >= 11 is 1.05. The van der Waals surface area contributed by atoms with Gasteiger partial charge in [0.25, 0.3) is 15.9 Å². The van der Waals surface area contributed by atoms with E-state index >= 15 is 0 Å². The van der Waals surface area contributed by atoms with Gasteiger partial charge in [0.15, 0.2) is 5.13 Å². The van der Waals surface area contributed by atoms with E-state index in [9.17, 15) is 13.2 Å². The first kappa shape index (κ1) is 16.0. The molecule has 2 N–H and O–H groups in total. The molecule has 0 unspecified atom stereocenters. The van der Waals surface area contributed by atoms with Crippen LogP contribution in [-0.4, -0.2) is 30.8 Å². The molecule has 2 aromatic heterocycles. The third-order valence-electron chi connectivity index (χ3n) is 3.89. The minimum Gasteiger partial charge on any atom is -0.351 e. The molecular formula is C16H14N4O3S2. The van der Waals surface area contributed by atoms with Crippen LogP contribution in [-0.2, 0) is 16.4 Å². The van der Waals surface area contributed by atoms with E-state index < -0.39 is 10.0 Å². The Morgan fingerprint density at radius 3 is 2.92 bits per heavy atom. The third kappa shape index (κ3) is 2.96. The second-order valence-electron chi connectivity index (χ2n) is 5.59. The van der Waals surface area contributed by atoms with Crippen LogP contribution in [0.3, 0.4) is 0 Å². The molecule has 1 aliphatic heterocycles. The van der Waals surface area contributed by atoms with Crippen molar-refractivity contribution >= 4 is 43.3 Å². The molecular weight excluding hydrogens is 360 g/mol. The van der Waals surface area contributed by atoms with Gasteiger partial charge in [0, 0.05) is 18.1 Å². The van der Waals surface area contributed by atoms with Gasteiger partial charge in [-0.2, -0.15) is 0 Å². The maximum absolute atomic E-state index is 12.8. The molecule has 3 aromatic rings. The van der Waals surface area contributed by atoms with Crippen molar-refractivity contribution in [3.63, 3.8) is 0 Å². The summed E-state index contributed by atoms with van der Waals surface area (Å²) in [6.45, 7) is 0.602. The van der Waals surface area contributed by atoms with Crippen molar-refractivity contribution in [1.29, 1.82) is 0 Å². The molecule has 128 valence electrons. The van der Waals surface area contributed by atoms with Crippen LogP contribution in [0, 0.1) is 0 Å². The molecule has 0 radical (unpaired) electrons. The van der Waals surface area contributed by atoms with E-state index in [1.165, 1.54) is 6.07 Å². The second kappa shape index (κ2) is 6.08. The van der Waals surface area contributed by atoms with Gasteiger partial charge in [0.2, 0.25) is 0 Å². The lowest BCUT2D eigenvalue weighted by Crippen LogP contribution is -2.21. The number of aryl methyl sites for hydroxylation is 1. The minimum atomic E-state index is -3.86. The number of pyridine rings is 1. The summed E-state index contributed by atoms with van der Waals surface area (Å²) in [6.07, 6.45) is 2.97. The molecule has 0 aliphatic carbocycles. The molecule has 0 saturated carbocycles. The Balaban J connectivity index is 1.73. The number of aromatic nitrogens is 2. The fourth-order valence-electron chi connectivity index (χ4n) is 2.74. The van der Waals surface area contributed by atoms with E-state index in [2.05, 4.69) is 20.0 Å². The van der Waals surface area contributed by atoms with Gasteiger partial charge in [-0.25, -0.2) is 13.4 Å². The smallest absolute Gasteiger partial charge is 0.265 e. The van der Waals surface area contributed by atoms with Crippen LogP contribution >= 0.6 is 11.3 Å². The molecule has 1 aromatic carbocycles. The van der Waals surface area contributed by atoms with Gasteiger partial charge >= 0.3 is 0 Å². The summed E-state index contributed by atoms with van der Waals surface area (Å²) in [7, 11) is -3.86. The molecule has 1 aliphatic rings. The first-order chi connectivity index (χ1) is 12.0. The minimum absolute atomic E-state index is 0.0837. The van der Waals surface area contributed by atoms with Crippen LogP contribution in [0.4, 0.5) is 5.13 Å². The average molecular weight is 374 g/mol. The highest BCUT2D eigenvalue weighted by atomic mass is 32.2. The molecule has 0 fully saturated rings. The first-order valence-corrected chi connectivity index (χ1v) is 9.99. The number of carbonyl (C=O) groups is 1. The van der Waals surface area contributed by atoms with Gasteiger partial charge in [0.1, 0.15) is 9.77 Å². The fourth-order valence-corrected chi connectivity index (χ4v) is 5.09. The topological polar surface area (TPSA) is 101 Å². The summed E-state index contributed by atoms with van der Waals surface area (Å²) < 4.78 is 28.1. The standard InChI is InChI=1S/C16H14N4O3S2/c21-15-14-11(6-3-9-18-15)19-16(24-14)20-25(22,23)12-7-1-4-10-5-2-8-17-13(10)12/h1-2,4-5,7-8H,3,6,9H2,(H,18,21)(H,19,20). The molecule has 9 heteroatoms. The largest absolute Gasteiger partial charge is 0.351 e. The summed E-state index contributed by atoms with van der Waals surface area (Å²) in [6, 6.07) is 8.53. The summed E-state index contributed by atoms with van der Waals surface area (Å²) in [4.78, 5) is 21.0. The number of nitrogens with one attached hydrogen (secondary N) is 2. The molecule has 0 spiro atoms. The number of para-hydroxylation sites is 1. The third-order valence-corrected chi connectivity index (χ3v) is 6.40. The highest BCUT2D eigenvalue weighted by Gasteiger charge is 2.24. The first-order valence-electron chi connectivity index (χ1n) is 7.69. The van der Waals surface area contributed by atoms with Crippen molar-refractivity contribution in [3.8, 4) is 0 Å². The predicted molar refractivity (Wildman–Crippen MR) is 95.3 cm³/mol. The summed E-state index contributed by atoms with van der Waals surface area (Å²) in [5.74, 6) is -0.206. The zero-order valence-electron chi connectivity index (χ0n) is 13.0. The van der Waals surface area contributed by atoms with Crippen molar-refractivity contribution in [3.05, 3.63) is 47.1 Å². The number of amides is 1. The summed E-state index contributed by atoms with van der Waals surface area (Å²) in [5, 5.41) is 3.70. The van der Waals surface area contributed by atoms with E-state index in [4.69, 9.17) is 0 Å². The van der Waals surface area contributed by atoms with Crippen molar-refractivity contribution in [1.82, 2.24) is 15.3 Å². The Morgan fingerprint density at radius 1 is 1.20 bits per heavy atom. The number of sulfonamides is 1. The van der Waals surface area contributed by atoms with Crippen LogP contribution < -0.4 is 10.0 Å². The van der Waals surface area contributed by atoms with Crippen molar-refractivity contribution in [2.24, 2.45) is 0 Å². The van der Waals surface area contributed by atoms with Gasteiger partial charge in [-0.15, -0.1) is 0 Å². The zero-order chi connectivity index (χ0) is 17.4. The van der Waals surface area contributed by atoms with E-state index in [-0.39, 0.29) is 15.9 Å². The number of rotatable bonds is 3. The molecule has 0 saturated heterocycles. The zero-order valence-corrected chi connectivity index (χ0v) is 14.7. The Bertz CT molecular complexity index is 1070. The highest BCUT2D eigenvalue weighted by molar-refractivity contribution is 7.93. The Labute approximate surface area is 148 Å². The lowest BCUT2D eigenvalue weighted by molar-refractivity contribution is 0.0960. The van der Waals surface area contributed by atoms with Gasteiger partial charge in [-0.1, -0.05) is 29.5 Å². The maximum Gasteiger partial charge on any atom is 0.265 e. The number of thiazole rings is 1. The summed E-state index contributed by atoms with van der Waals surface area (Å²) in [5.41, 5.74) is 1.03.